The Balaban J connectivity index is 1.43. The molecule has 1 saturated heterocycles. The molecule has 1 fully saturated rings. The van der Waals surface area contributed by atoms with Crippen molar-refractivity contribution in [2.75, 3.05) is 45.2 Å². The summed E-state index contributed by atoms with van der Waals surface area (Å²) in [4.78, 5) is 41.8. The number of sulfonamides is 1. The Morgan fingerprint density at radius 3 is 2.37 bits per heavy atom. The molecule has 0 aliphatic carbocycles. The summed E-state index contributed by atoms with van der Waals surface area (Å²) in [7, 11) is -0.935. The van der Waals surface area contributed by atoms with E-state index in [-0.39, 0.29) is 36.9 Å². The molecule has 0 bridgehead atoms. The molecule has 1 aliphatic rings. The second-order valence-electron chi connectivity index (χ2n) is 9.52. The quantitative estimate of drug-likeness (QED) is 0.391. The number of nitrogens with one attached hydrogen (secondary N) is 1. The molecule has 3 aromatic carbocycles. The molecule has 41 heavy (non-hydrogen) atoms. The van der Waals surface area contributed by atoms with Crippen LogP contribution in [0.1, 0.15) is 5.56 Å². The molecule has 0 unspecified atom stereocenters. The normalized spacial score (nSPS) is 14.8. The number of benzene rings is 3. The average molecular weight is 583 g/mol. The van der Waals surface area contributed by atoms with Crippen LogP contribution in [0.2, 0.25) is 0 Å². The Morgan fingerprint density at radius 1 is 1.02 bits per heavy atom. The number of piperazine rings is 1. The molecule has 3 amide bonds. The van der Waals surface area contributed by atoms with Crippen LogP contribution in [0.3, 0.4) is 0 Å². The van der Waals surface area contributed by atoms with Gasteiger partial charge in [0.1, 0.15) is 17.6 Å². The fourth-order valence-electron chi connectivity index (χ4n) is 4.47. The number of carbonyl (C=O) groups is 3. The first-order valence-corrected chi connectivity index (χ1v) is 14.3. The molecule has 10 nitrogen and oxygen atoms in total. The van der Waals surface area contributed by atoms with Gasteiger partial charge in [0, 0.05) is 32.2 Å². The van der Waals surface area contributed by atoms with E-state index in [1.54, 1.807) is 38.4 Å². The second kappa shape index (κ2) is 12.9. The molecule has 1 N–H and O–H groups in total. The third-order valence-electron chi connectivity index (χ3n) is 6.76. The zero-order valence-corrected chi connectivity index (χ0v) is 23.5. The first kappa shape index (κ1) is 29.7. The highest BCUT2D eigenvalue weighted by Crippen LogP contribution is 2.21. The molecule has 0 radical (unpaired) electrons. The largest absolute Gasteiger partial charge is 0.497 e. The molecule has 3 aromatic rings. The summed E-state index contributed by atoms with van der Waals surface area (Å²) < 4.78 is 45.5. The fourth-order valence-corrected chi connectivity index (χ4v) is 5.88. The lowest BCUT2D eigenvalue weighted by molar-refractivity contribution is -0.139. The fraction of sp³-hybridized carbons (Fsp3) is 0.276. The third kappa shape index (κ3) is 7.27. The number of methoxy groups -OCH3 is 1. The van der Waals surface area contributed by atoms with Crippen molar-refractivity contribution in [3.8, 4) is 5.75 Å². The van der Waals surface area contributed by atoms with E-state index < -0.39 is 40.2 Å². The van der Waals surface area contributed by atoms with Crippen molar-refractivity contribution in [2.45, 2.75) is 17.4 Å². The van der Waals surface area contributed by atoms with E-state index in [9.17, 15) is 27.2 Å². The van der Waals surface area contributed by atoms with Gasteiger partial charge in [0.15, 0.2) is 0 Å². The van der Waals surface area contributed by atoms with Crippen molar-refractivity contribution < 1.29 is 31.9 Å². The van der Waals surface area contributed by atoms with E-state index in [1.807, 2.05) is 30.3 Å². The minimum absolute atomic E-state index is 0.0378. The van der Waals surface area contributed by atoms with Crippen LogP contribution in [0, 0.1) is 5.82 Å². The van der Waals surface area contributed by atoms with Crippen LogP contribution < -0.4 is 15.0 Å². The van der Waals surface area contributed by atoms with Crippen LogP contribution >= 0.6 is 0 Å². The smallest absolute Gasteiger partial charge is 0.249 e. The van der Waals surface area contributed by atoms with Crippen molar-refractivity contribution in [3.63, 3.8) is 0 Å². The van der Waals surface area contributed by atoms with Gasteiger partial charge in [-0.25, -0.2) is 12.8 Å². The standard InChI is InChI=1S/C29H31FN4O6S/c1-32(23-11-13-24(40-2)14-12-23)29(37)26(17-21-7-4-3-5-8-21)31-27(35)19-33-15-16-34(20-28(33)36)41(38,39)25-10-6-9-22(30)18-25/h3-14,18,26H,15-17,19-20H2,1-2H3,(H,31,35)/t26-/m0/s1. The molecule has 12 heteroatoms. The summed E-state index contributed by atoms with van der Waals surface area (Å²) in [5, 5.41) is 2.76. The van der Waals surface area contributed by atoms with Crippen molar-refractivity contribution >= 4 is 33.4 Å². The third-order valence-corrected chi connectivity index (χ3v) is 8.60. The van der Waals surface area contributed by atoms with Gasteiger partial charge in [-0.05, 0) is 48.0 Å². The Hall–Kier alpha value is -4.29. The molecular formula is C29H31FN4O6S. The van der Waals surface area contributed by atoms with E-state index in [0.29, 0.717) is 11.4 Å². The van der Waals surface area contributed by atoms with Crippen molar-refractivity contribution in [1.82, 2.24) is 14.5 Å². The predicted octanol–water partition coefficient (Wildman–Crippen LogP) is 2.06. The van der Waals surface area contributed by atoms with E-state index in [4.69, 9.17) is 4.74 Å². The van der Waals surface area contributed by atoms with E-state index >= 15 is 0 Å². The van der Waals surface area contributed by atoms with Gasteiger partial charge in [-0.3, -0.25) is 14.4 Å². The highest BCUT2D eigenvalue weighted by Gasteiger charge is 2.34. The number of carbonyl (C=O) groups excluding carboxylic acids is 3. The predicted molar refractivity (Wildman–Crippen MR) is 150 cm³/mol. The number of hydrogen-bond donors (Lipinski definition) is 1. The summed E-state index contributed by atoms with van der Waals surface area (Å²) >= 11 is 0. The maximum Gasteiger partial charge on any atom is 0.249 e. The van der Waals surface area contributed by atoms with Crippen molar-refractivity contribution in [2.24, 2.45) is 0 Å². The number of ether oxygens (including phenoxy) is 1. The van der Waals surface area contributed by atoms with Crippen molar-refractivity contribution in [3.05, 3.63) is 90.2 Å². The highest BCUT2D eigenvalue weighted by molar-refractivity contribution is 7.89. The van der Waals surface area contributed by atoms with Gasteiger partial charge in [0.05, 0.1) is 25.1 Å². The van der Waals surface area contributed by atoms with Crippen LogP contribution in [0.25, 0.3) is 0 Å². The number of amides is 3. The summed E-state index contributed by atoms with van der Waals surface area (Å²) in [6, 6.07) is 19.8. The van der Waals surface area contributed by atoms with Gasteiger partial charge in [0.25, 0.3) is 0 Å². The van der Waals surface area contributed by atoms with Crippen LogP contribution in [0.5, 0.6) is 5.75 Å². The lowest BCUT2D eigenvalue weighted by Gasteiger charge is -2.33. The van der Waals surface area contributed by atoms with Crippen LogP contribution in [0.15, 0.2) is 83.8 Å². The molecule has 1 aliphatic heterocycles. The number of nitrogens with zero attached hydrogens (tertiary/aromatic N) is 3. The lowest BCUT2D eigenvalue weighted by Crippen LogP contribution is -2.56. The Morgan fingerprint density at radius 2 is 1.73 bits per heavy atom. The molecular weight excluding hydrogens is 551 g/mol. The van der Waals surface area contributed by atoms with Gasteiger partial charge in [-0.2, -0.15) is 4.31 Å². The molecule has 216 valence electrons. The molecule has 0 aromatic heterocycles. The number of rotatable bonds is 10. The second-order valence-corrected chi connectivity index (χ2v) is 11.5. The highest BCUT2D eigenvalue weighted by atomic mass is 32.2. The summed E-state index contributed by atoms with van der Waals surface area (Å²) in [5.41, 5.74) is 1.44. The zero-order chi connectivity index (χ0) is 29.6. The topological polar surface area (TPSA) is 116 Å². The maximum absolute atomic E-state index is 13.6. The van der Waals surface area contributed by atoms with Crippen LogP contribution in [0.4, 0.5) is 10.1 Å². The first-order chi connectivity index (χ1) is 19.6. The van der Waals surface area contributed by atoms with E-state index in [0.717, 1.165) is 22.0 Å². The number of halogens is 1. The molecule has 4 rings (SSSR count). The zero-order valence-electron chi connectivity index (χ0n) is 22.7. The summed E-state index contributed by atoms with van der Waals surface area (Å²) in [6.07, 6.45) is 0.222. The van der Waals surface area contributed by atoms with Gasteiger partial charge in [-0.1, -0.05) is 36.4 Å². The Bertz CT molecular complexity index is 1500. The molecule has 1 atom stereocenters. The number of hydrogen-bond acceptors (Lipinski definition) is 6. The SMILES string of the molecule is COc1ccc(N(C)C(=O)[C@H](Cc2ccccc2)NC(=O)CN2CCN(S(=O)(=O)c3cccc(F)c3)CC2=O)cc1. The Kier molecular flexibility index (Phi) is 9.35. The summed E-state index contributed by atoms with van der Waals surface area (Å²) in [5.74, 6) is -1.56. The minimum Gasteiger partial charge on any atom is -0.497 e. The van der Waals surface area contributed by atoms with Gasteiger partial charge in [-0.15, -0.1) is 0 Å². The molecule has 0 saturated carbocycles. The first-order valence-electron chi connectivity index (χ1n) is 12.9. The van der Waals surface area contributed by atoms with Gasteiger partial charge < -0.3 is 19.9 Å². The number of anilines is 1. The maximum atomic E-state index is 13.6. The number of likely N-dealkylation sites (N-methyl/N-ethyl adjacent to an activating group) is 1. The van der Waals surface area contributed by atoms with Gasteiger partial charge in [0.2, 0.25) is 27.7 Å². The average Bonchev–Trinajstić information content (AvgIpc) is 2.97. The Labute approximate surface area is 238 Å². The summed E-state index contributed by atoms with van der Waals surface area (Å²) in [6.45, 7) is -0.940. The monoisotopic (exact) mass is 582 g/mol. The molecule has 0 spiro atoms. The van der Waals surface area contributed by atoms with Gasteiger partial charge >= 0.3 is 0 Å². The van der Waals surface area contributed by atoms with E-state index in [1.165, 1.54) is 21.9 Å². The molecule has 1 heterocycles. The van der Waals surface area contributed by atoms with Crippen LogP contribution in [-0.2, 0) is 30.8 Å². The van der Waals surface area contributed by atoms with E-state index in [2.05, 4.69) is 5.32 Å². The minimum atomic E-state index is -4.09. The van der Waals surface area contributed by atoms with Crippen molar-refractivity contribution in [1.29, 1.82) is 0 Å². The lowest BCUT2D eigenvalue weighted by atomic mass is 10.0. The van der Waals surface area contributed by atoms with Crippen LogP contribution in [-0.4, -0.2) is 81.7 Å².